The van der Waals surface area contributed by atoms with Gasteiger partial charge in [-0.2, -0.15) is 0 Å². The monoisotopic (exact) mass is 278 g/mol. The van der Waals surface area contributed by atoms with Gasteiger partial charge in [0.2, 0.25) is 0 Å². The van der Waals surface area contributed by atoms with Gasteiger partial charge in [-0.1, -0.05) is 13.0 Å². The molecule has 0 aliphatic carbocycles. The Morgan fingerprint density at radius 3 is 2.55 bits per heavy atom. The van der Waals surface area contributed by atoms with Crippen molar-refractivity contribution in [1.29, 1.82) is 0 Å². The first kappa shape index (κ1) is 15.1. The average Bonchev–Trinajstić information content (AvgIpc) is 2.86. The quantitative estimate of drug-likeness (QED) is 0.897. The van der Waals surface area contributed by atoms with Crippen LogP contribution in [-0.4, -0.2) is 39.3 Å². The molecule has 0 bridgehead atoms. The number of aryl methyl sites for hydroxylation is 1. The second kappa shape index (κ2) is 6.46. The summed E-state index contributed by atoms with van der Waals surface area (Å²) in [4.78, 5) is 2.38. The van der Waals surface area contributed by atoms with E-state index in [0.717, 1.165) is 37.4 Å². The predicted molar refractivity (Wildman–Crippen MR) is 81.5 cm³/mol. The van der Waals surface area contributed by atoms with Gasteiger partial charge in [0, 0.05) is 18.2 Å². The fourth-order valence-corrected chi connectivity index (χ4v) is 3.28. The first-order chi connectivity index (χ1) is 9.65. The largest absolute Gasteiger partial charge is 0.493 e. The lowest BCUT2D eigenvalue weighted by atomic mass is 9.93. The van der Waals surface area contributed by atoms with Crippen LogP contribution < -0.4 is 15.2 Å². The maximum atomic E-state index is 5.85. The highest BCUT2D eigenvalue weighted by Gasteiger charge is 2.33. The zero-order valence-electron chi connectivity index (χ0n) is 13.0. The number of ether oxygens (including phenoxy) is 2. The Morgan fingerprint density at radius 2 is 2.05 bits per heavy atom. The Bertz CT molecular complexity index is 462. The van der Waals surface area contributed by atoms with E-state index in [2.05, 4.69) is 24.9 Å². The third-order valence-corrected chi connectivity index (χ3v) is 4.36. The van der Waals surface area contributed by atoms with E-state index >= 15 is 0 Å². The molecule has 1 aliphatic rings. The molecule has 1 aromatic carbocycles. The van der Waals surface area contributed by atoms with Crippen LogP contribution in [0.4, 0.5) is 0 Å². The van der Waals surface area contributed by atoms with E-state index in [1.54, 1.807) is 14.2 Å². The SMILES string of the molecule is CCc1ccc(OC)c(OC)c1C1CC(CN)CN1C. The average molecular weight is 278 g/mol. The van der Waals surface area contributed by atoms with Gasteiger partial charge in [0.05, 0.1) is 14.2 Å². The fourth-order valence-electron chi connectivity index (χ4n) is 3.28. The molecule has 1 aromatic rings. The molecule has 1 aliphatic heterocycles. The molecule has 2 rings (SSSR count). The number of nitrogens with two attached hydrogens (primary N) is 1. The van der Waals surface area contributed by atoms with Crippen LogP contribution in [0.25, 0.3) is 0 Å². The summed E-state index contributed by atoms with van der Waals surface area (Å²) < 4.78 is 11.1. The standard InChI is InChI=1S/C16H26N2O2/c1-5-12-6-7-14(19-3)16(20-4)15(12)13-8-11(9-17)10-18(13)2/h6-7,11,13H,5,8-10,17H2,1-4H3. The Balaban J connectivity index is 2.48. The summed E-state index contributed by atoms with van der Waals surface area (Å²) in [6.07, 6.45) is 2.08. The van der Waals surface area contributed by atoms with E-state index in [1.807, 2.05) is 6.07 Å². The zero-order valence-corrected chi connectivity index (χ0v) is 13.0. The van der Waals surface area contributed by atoms with Crippen LogP contribution in [-0.2, 0) is 6.42 Å². The smallest absolute Gasteiger partial charge is 0.165 e. The van der Waals surface area contributed by atoms with Gasteiger partial charge in [-0.05, 0) is 44.0 Å². The van der Waals surface area contributed by atoms with Crippen LogP contribution in [0.3, 0.4) is 0 Å². The van der Waals surface area contributed by atoms with Gasteiger partial charge in [-0.15, -0.1) is 0 Å². The molecule has 4 heteroatoms. The van der Waals surface area contributed by atoms with Crippen molar-refractivity contribution in [2.75, 3.05) is 34.4 Å². The van der Waals surface area contributed by atoms with Crippen molar-refractivity contribution in [2.24, 2.45) is 11.7 Å². The molecule has 0 aromatic heterocycles. The molecule has 1 saturated heterocycles. The molecule has 2 unspecified atom stereocenters. The Morgan fingerprint density at radius 1 is 1.30 bits per heavy atom. The van der Waals surface area contributed by atoms with Crippen LogP contribution in [0.1, 0.15) is 30.5 Å². The van der Waals surface area contributed by atoms with E-state index < -0.39 is 0 Å². The number of hydrogen-bond acceptors (Lipinski definition) is 4. The molecule has 4 nitrogen and oxygen atoms in total. The van der Waals surface area contributed by atoms with Crippen molar-refractivity contribution < 1.29 is 9.47 Å². The molecular formula is C16H26N2O2. The molecule has 1 heterocycles. The lowest BCUT2D eigenvalue weighted by molar-refractivity contribution is 0.294. The highest BCUT2D eigenvalue weighted by atomic mass is 16.5. The molecule has 0 radical (unpaired) electrons. The molecule has 20 heavy (non-hydrogen) atoms. The maximum Gasteiger partial charge on any atom is 0.165 e. The Kier molecular flexibility index (Phi) is 4.89. The first-order valence-corrected chi connectivity index (χ1v) is 7.30. The summed E-state index contributed by atoms with van der Waals surface area (Å²) in [5, 5.41) is 0. The lowest BCUT2D eigenvalue weighted by Crippen LogP contribution is -2.21. The first-order valence-electron chi connectivity index (χ1n) is 7.30. The van der Waals surface area contributed by atoms with E-state index in [1.165, 1.54) is 11.1 Å². The summed E-state index contributed by atoms with van der Waals surface area (Å²) in [7, 11) is 5.57. The van der Waals surface area contributed by atoms with Gasteiger partial charge in [0.25, 0.3) is 0 Å². The molecule has 112 valence electrons. The van der Waals surface area contributed by atoms with Gasteiger partial charge in [-0.3, -0.25) is 4.90 Å². The summed E-state index contributed by atoms with van der Waals surface area (Å²) in [5.74, 6) is 2.25. The number of rotatable bonds is 5. The molecular weight excluding hydrogens is 252 g/mol. The molecule has 1 fully saturated rings. The molecule has 0 spiro atoms. The van der Waals surface area contributed by atoms with Crippen LogP contribution in [0.15, 0.2) is 12.1 Å². The Hall–Kier alpha value is -1.26. The second-order valence-electron chi connectivity index (χ2n) is 5.52. The van der Waals surface area contributed by atoms with Crippen molar-refractivity contribution in [3.8, 4) is 11.5 Å². The van der Waals surface area contributed by atoms with Crippen molar-refractivity contribution in [3.05, 3.63) is 23.3 Å². The Labute approximate surface area is 121 Å². The fraction of sp³-hybridized carbons (Fsp3) is 0.625. The maximum absolute atomic E-state index is 5.85. The van der Waals surface area contributed by atoms with Crippen LogP contribution in [0.2, 0.25) is 0 Å². The number of likely N-dealkylation sites (tertiary alicyclic amines) is 1. The van der Waals surface area contributed by atoms with Crippen LogP contribution in [0.5, 0.6) is 11.5 Å². The number of benzene rings is 1. The third-order valence-electron chi connectivity index (χ3n) is 4.36. The van der Waals surface area contributed by atoms with E-state index in [0.29, 0.717) is 12.0 Å². The minimum absolute atomic E-state index is 0.364. The van der Waals surface area contributed by atoms with E-state index in [9.17, 15) is 0 Å². The molecule has 2 N–H and O–H groups in total. The second-order valence-corrected chi connectivity index (χ2v) is 5.52. The van der Waals surface area contributed by atoms with Gasteiger partial charge in [-0.25, -0.2) is 0 Å². The van der Waals surface area contributed by atoms with Crippen molar-refractivity contribution in [2.45, 2.75) is 25.8 Å². The van der Waals surface area contributed by atoms with E-state index in [4.69, 9.17) is 15.2 Å². The normalized spacial score (nSPS) is 23.1. The summed E-state index contributed by atoms with van der Waals surface area (Å²) in [6, 6.07) is 4.51. The van der Waals surface area contributed by atoms with Crippen LogP contribution in [0, 0.1) is 5.92 Å². The summed E-state index contributed by atoms with van der Waals surface area (Å²) in [5.41, 5.74) is 8.45. The molecule has 0 saturated carbocycles. The minimum atomic E-state index is 0.364. The van der Waals surface area contributed by atoms with Gasteiger partial charge >= 0.3 is 0 Å². The number of nitrogens with zero attached hydrogens (tertiary/aromatic N) is 1. The van der Waals surface area contributed by atoms with Crippen molar-refractivity contribution in [1.82, 2.24) is 4.90 Å². The number of methoxy groups -OCH3 is 2. The highest BCUT2D eigenvalue weighted by Crippen LogP contribution is 2.44. The van der Waals surface area contributed by atoms with Crippen molar-refractivity contribution in [3.63, 3.8) is 0 Å². The minimum Gasteiger partial charge on any atom is -0.493 e. The number of hydrogen-bond donors (Lipinski definition) is 1. The van der Waals surface area contributed by atoms with Gasteiger partial charge < -0.3 is 15.2 Å². The molecule has 0 amide bonds. The van der Waals surface area contributed by atoms with Crippen LogP contribution >= 0.6 is 0 Å². The highest BCUT2D eigenvalue weighted by molar-refractivity contribution is 5.52. The van der Waals surface area contributed by atoms with Gasteiger partial charge in [0.1, 0.15) is 0 Å². The summed E-state index contributed by atoms with van der Waals surface area (Å²) >= 11 is 0. The zero-order chi connectivity index (χ0) is 14.7. The van der Waals surface area contributed by atoms with Gasteiger partial charge in [0.15, 0.2) is 11.5 Å². The lowest BCUT2D eigenvalue weighted by Gasteiger charge is -2.25. The third kappa shape index (κ3) is 2.63. The van der Waals surface area contributed by atoms with E-state index in [-0.39, 0.29) is 0 Å². The predicted octanol–water partition coefficient (Wildman–Crippen LogP) is 2.22. The topological polar surface area (TPSA) is 47.7 Å². The summed E-state index contributed by atoms with van der Waals surface area (Å²) in [6.45, 7) is 3.97. The van der Waals surface area contributed by atoms with Crippen molar-refractivity contribution >= 4 is 0 Å². The molecule has 2 atom stereocenters.